The number of benzene rings is 2. The summed E-state index contributed by atoms with van der Waals surface area (Å²) >= 11 is 0. The molecule has 1 atom stereocenters. The predicted octanol–water partition coefficient (Wildman–Crippen LogP) is 6.31. The molecule has 206 valence electrons. The van der Waals surface area contributed by atoms with Crippen LogP contribution in [0.3, 0.4) is 0 Å². The van der Waals surface area contributed by atoms with E-state index in [0.29, 0.717) is 17.9 Å². The summed E-state index contributed by atoms with van der Waals surface area (Å²) in [7, 11) is 0. The molecule has 1 unspecified atom stereocenters. The highest BCUT2D eigenvalue weighted by molar-refractivity contribution is 5.97. The summed E-state index contributed by atoms with van der Waals surface area (Å²) < 4.78 is 0. The van der Waals surface area contributed by atoms with Gasteiger partial charge in [0.25, 0.3) is 5.91 Å². The van der Waals surface area contributed by atoms with E-state index in [4.69, 9.17) is 0 Å². The molecule has 4 rings (SSSR count). The quantitative estimate of drug-likeness (QED) is 0.270. The monoisotopic (exact) mass is 526 g/mol. The molecular formula is C33H42N4O2. The smallest absolute Gasteiger partial charge is 0.252 e. The van der Waals surface area contributed by atoms with Crippen LogP contribution in [0, 0.1) is 26.7 Å². The summed E-state index contributed by atoms with van der Waals surface area (Å²) in [6.07, 6.45) is 5.65. The van der Waals surface area contributed by atoms with Crippen LogP contribution in [-0.2, 0) is 12.8 Å². The molecule has 6 heteroatoms. The lowest BCUT2D eigenvalue weighted by atomic mass is 9.96. The lowest BCUT2D eigenvalue weighted by Gasteiger charge is -2.34. The number of carbonyl (C=O) groups excluding carboxylic acids is 1. The largest absolute Gasteiger partial charge is 0.511 e. The zero-order valence-corrected chi connectivity index (χ0v) is 23.8. The van der Waals surface area contributed by atoms with Gasteiger partial charge in [-0.3, -0.25) is 4.79 Å². The standard InChI is InChI=1S/C33H42N4O2/c1-6-26-11-14-34-31(20-26)35-21-28-12-15-37(16-13-28)29-9-7-27(8-10-29)19-30(25(5)38)36-33(39)32-23(3)17-22(2)18-24(32)4/h7-11,14,17-18,20,28,30,38H,5-6,12-13,15-16,19,21H2,1-4H3,(H,34,35)(H,36,39). The van der Waals surface area contributed by atoms with Gasteiger partial charge < -0.3 is 20.6 Å². The van der Waals surface area contributed by atoms with Crippen molar-refractivity contribution in [3.8, 4) is 0 Å². The van der Waals surface area contributed by atoms with Crippen LogP contribution >= 0.6 is 0 Å². The molecule has 0 radical (unpaired) electrons. The Bertz CT molecular complexity index is 1270. The number of amides is 1. The van der Waals surface area contributed by atoms with Crippen LogP contribution in [0.5, 0.6) is 0 Å². The summed E-state index contributed by atoms with van der Waals surface area (Å²) in [5, 5.41) is 16.8. The van der Waals surface area contributed by atoms with Crippen molar-refractivity contribution < 1.29 is 9.90 Å². The van der Waals surface area contributed by atoms with E-state index >= 15 is 0 Å². The van der Waals surface area contributed by atoms with Gasteiger partial charge in [-0.2, -0.15) is 0 Å². The van der Waals surface area contributed by atoms with Crippen molar-refractivity contribution in [1.29, 1.82) is 0 Å². The topological polar surface area (TPSA) is 77.5 Å². The summed E-state index contributed by atoms with van der Waals surface area (Å²) in [5.41, 5.74) is 7.19. The Labute approximate surface area is 233 Å². The average Bonchev–Trinajstić information content (AvgIpc) is 2.92. The zero-order chi connectivity index (χ0) is 27.9. The summed E-state index contributed by atoms with van der Waals surface area (Å²) in [4.78, 5) is 20.0. The normalized spacial score (nSPS) is 14.6. The maximum atomic E-state index is 13.1. The maximum absolute atomic E-state index is 13.1. The van der Waals surface area contributed by atoms with E-state index in [1.807, 2.05) is 39.1 Å². The van der Waals surface area contributed by atoms with Gasteiger partial charge in [-0.1, -0.05) is 43.3 Å². The number of pyridine rings is 1. The van der Waals surface area contributed by atoms with Crippen molar-refractivity contribution in [3.63, 3.8) is 0 Å². The van der Waals surface area contributed by atoms with E-state index in [1.54, 1.807) is 0 Å². The number of carbonyl (C=O) groups is 1. The van der Waals surface area contributed by atoms with Crippen LogP contribution in [-0.4, -0.2) is 41.7 Å². The van der Waals surface area contributed by atoms with Gasteiger partial charge in [-0.15, -0.1) is 0 Å². The average molecular weight is 527 g/mol. The SMILES string of the molecule is C=C(O)C(Cc1ccc(N2CCC(CNc3cc(CC)ccn3)CC2)cc1)NC(=O)c1c(C)cc(C)cc1C. The molecule has 1 amide bonds. The summed E-state index contributed by atoms with van der Waals surface area (Å²) in [5.74, 6) is 1.38. The van der Waals surface area contributed by atoms with Crippen LogP contribution in [0.15, 0.2) is 67.1 Å². The maximum Gasteiger partial charge on any atom is 0.252 e. The molecule has 0 spiro atoms. The number of hydrogen-bond acceptors (Lipinski definition) is 5. The second-order valence-corrected chi connectivity index (χ2v) is 10.9. The van der Waals surface area contributed by atoms with Gasteiger partial charge in [0.15, 0.2) is 0 Å². The Hall–Kier alpha value is -3.80. The number of aromatic nitrogens is 1. The fourth-order valence-corrected chi connectivity index (χ4v) is 5.53. The fraction of sp³-hybridized carbons (Fsp3) is 0.394. The van der Waals surface area contributed by atoms with E-state index in [-0.39, 0.29) is 11.7 Å². The van der Waals surface area contributed by atoms with Crippen LogP contribution in [0.4, 0.5) is 11.5 Å². The Morgan fingerprint density at radius 1 is 1.05 bits per heavy atom. The van der Waals surface area contributed by atoms with Gasteiger partial charge in [0.1, 0.15) is 11.6 Å². The third-order valence-corrected chi connectivity index (χ3v) is 7.77. The van der Waals surface area contributed by atoms with E-state index in [9.17, 15) is 9.90 Å². The number of nitrogens with zero attached hydrogens (tertiary/aromatic N) is 2. The Morgan fingerprint density at radius 3 is 2.33 bits per heavy atom. The number of hydrogen-bond donors (Lipinski definition) is 3. The molecule has 6 nitrogen and oxygen atoms in total. The number of aliphatic hydroxyl groups excluding tert-OH is 1. The van der Waals surface area contributed by atoms with Crippen LogP contribution < -0.4 is 15.5 Å². The molecule has 2 aromatic carbocycles. The van der Waals surface area contributed by atoms with Crippen LogP contribution in [0.2, 0.25) is 0 Å². The van der Waals surface area contributed by atoms with Gasteiger partial charge in [0.05, 0.1) is 6.04 Å². The van der Waals surface area contributed by atoms with E-state index in [2.05, 4.69) is 70.4 Å². The number of rotatable bonds is 10. The first kappa shape index (κ1) is 28.2. The minimum atomic E-state index is -0.556. The van der Waals surface area contributed by atoms with Gasteiger partial charge in [0, 0.05) is 37.1 Å². The van der Waals surface area contributed by atoms with Gasteiger partial charge >= 0.3 is 0 Å². The molecule has 39 heavy (non-hydrogen) atoms. The van der Waals surface area contributed by atoms with Crippen LogP contribution in [0.25, 0.3) is 0 Å². The predicted molar refractivity (Wildman–Crippen MR) is 161 cm³/mol. The second-order valence-electron chi connectivity index (χ2n) is 10.9. The third kappa shape index (κ3) is 7.41. The van der Waals surface area contributed by atoms with Crippen molar-refractivity contribution in [2.75, 3.05) is 29.9 Å². The molecule has 0 bridgehead atoms. The molecule has 1 saturated heterocycles. The molecule has 3 aromatic rings. The lowest BCUT2D eigenvalue weighted by molar-refractivity contribution is 0.0932. The van der Waals surface area contributed by atoms with Crippen molar-refractivity contribution in [2.45, 2.75) is 59.4 Å². The van der Waals surface area contributed by atoms with Crippen LogP contribution in [0.1, 0.15) is 57.9 Å². The molecule has 1 aliphatic rings. The van der Waals surface area contributed by atoms with Crippen molar-refractivity contribution >= 4 is 17.4 Å². The first-order chi connectivity index (χ1) is 18.7. The Morgan fingerprint density at radius 2 is 1.72 bits per heavy atom. The molecule has 2 heterocycles. The van der Waals surface area contributed by atoms with E-state index in [0.717, 1.165) is 67.0 Å². The fourth-order valence-electron chi connectivity index (χ4n) is 5.53. The lowest BCUT2D eigenvalue weighted by Crippen LogP contribution is -2.38. The highest BCUT2D eigenvalue weighted by Crippen LogP contribution is 2.25. The second kappa shape index (κ2) is 12.8. The minimum Gasteiger partial charge on any atom is -0.511 e. The van der Waals surface area contributed by atoms with Gasteiger partial charge in [-0.25, -0.2) is 4.98 Å². The molecular weight excluding hydrogens is 484 g/mol. The summed E-state index contributed by atoms with van der Waals surface area (Å²) in [6, 6.07) is 16.1. The van der Waals surface area contributed by atoms with Crippen molar-refractivity contribution in [2.24, 2.45) is 5.92 Å². The Balaban J connectivity index is 1.30. The molecule has 0 saturated carbocycles. The highest BCUT2D eigenvalue weighted by Gasteiger charge is 2.22. The number of nitrogens with one attached hydrogen (secondary N) is 2. The van der Waals surface area contributed by atoms with E-state index in [1.165, 1.54) is 11.3 Å². The molecule has 1 aliphatic heterocycles. The number of piperidine rings is 1. The molecule has 3 N–H and O–H groups in total. The van der Waals surface area contributed by atoms with Gasteiger partial charge in [-0.05, 0) is 98.9 Å². The number of aliphatic hydroxyl groups is 1. The zero-order valence-electron chi connectivity index (χ0n) is 23.8. The third-order valence-electron chi connectivity index (χ3n) is 7.77. The first-order valence-electron chi connectivity index (χ1n) is 14.0. The first-order valence-corrected chi connectivity index (χ1v) is 14.0. The molecule has 1 fully saturated rings. The molecule has 0 aliphatic carbocycles. The number of aryl methyl sites for hydroxylation is 4. The van der Waals surface area contributed by atoms with E-state index < -0.39 is 6.04 Å². The molecule has 1 aromatic heterocycles. The minimum absolute atomic E-state index is 0.0397. The van der Waals surface area contributed by atoms with Gasteiger partial charge in [0.2, 0.25) is 0 Å². The summed E-state index contributed by atoms with van der Waals surface area (Å²) in [6.45, 7) is 14.8. The Kier molecular flexibility index (Phi) is 9.28. The van der Waals surface area contributed by atoms with Crippen molar-refractivity contribution in [3.05, 3.63) is 100 Å². The highest BCUT2D eigenvalue weighted by atomic mass is 16.3. The number of anilines is 2. The van der Waals surface area contributed by atoms with Crippen molar-refractivity contribution in [1.82, 2.24) is 10.3 Å².